The predicted octanol–water partition coefficient (Wildman–Crippen LogP) is 6.70. The molecule has 0 spiro atoms. The van der Waals surface area contributed by atoms with E-state index in [0.29, 0.717) is 19.1 Å². The molecule has 1 aliphatic rings. The van der Waals surface area contributed by atoms with Gasteiger partial charge in [0, 0.05) is 0 Å². The maximum atomic E-state index is 12.5. The second kappa shape index (κ2) is 15.7. The number of unbranched alkanes of at least 4 members (excludes halogenated alkanes) is 5. The Hall–Kier alpha value is -1.06. The number of carbonyl (C=O) groups is 2. The molecule has 0 N–H and O–H groups in total. The van der Waals surface area contributed by atoms with Crippen molar-refractivity contribution in [1.29, 1.82) is 0 Å². The van der Waals surface area contributed by atoms with Crippen LogP contribution in [0.4, 0.5) is 0 Å². The van der Waals surface area contributed by atoms with Crippen LogP contribution in [0.5, 0.6) is 0 Å². The summed E-state index contributed by atoms with van der Waals surface area (Å²) in [6.07, 6.45) is 13.9. The predicted molar refractivity (Wildman–Crippen MR) is 119 cm³/mol. The van der Waals surface area contributed by atoms with Gasteiger partial charge < -0.3 is 9.47 Å². The van der Waals surface area contributed by atoms with Gasteiger partial charge in [-0.25, -0.2) is 0 Å². The van der Waals surface area contributed by atoms with E-state index in [4.69, 9.17) is 9.47 Å². The largest absolute Gasteiger partial charge is 0.465 e. The van der Waals surface area contributed by atoms with Crippen LogP contribution in [0.25, 0.3) is 0 Å². The Balaban J connectivity index is 2.20. The van der Waals surface area contributed by atoms with Crippen molar-refractivity contribution in [3.63, 3.8) is 0 Å². The van der Waals surface area contributed by atoms with E-state index >= 15 is 0 Å². The standard InChI is InChI=1S/C25H46O4/c1-20(2)14-9-7-5-6-8-12-18-28-24(26)22-16-10-11-17-23(22)25(27)29-19-13-15-21(3)4/h20-23H,5-19H2,1-4H3. The van der Waals surface area contributed by atoms with E-state index < -0.39 is 0 Å². The minimum absolute atomic E-state index is 0.189. The van der Waals surface area contributed by atoms with Crippen LogP contribution in [0.3, 0.4) is 0 Å². The first-order valence-electron chi connectivity index (χ1n) is 12.2. The molecule has 4 nitrogen and oxygen atoms in total. The lowest BCUT2D eigenvalue weighted by atomic mass is 9.79. The zero-order chi connectivity index (χ0) is 21.5. The van der Waals surface area contributed by atoms with Crippen molar-refractivity contribution in [3.8, 4) is 0 Å². The number of carbonyl (C=O) groups excluding carboxylic acids is 2. The molecule has 2 unspecified atom stereocenters. The molecule has 0 heterocycles. The van der Waals surface area contributed by atoms with Gasteiger partial charge in [0.15, 0.2) is 0 Å². The van der Waals surface area contributed by atoms with E-state index in [2.05, 4.69) is 27.7 Å². The number of rotatable bonds is 15. The average Bonchev–Trinajstić information content (AvgIpc) is 2.69. The monoisotopic (exact) mass is 410 g/mol. The van der Waals surface area contributed by atoms with Gasteiger partial charge in [-0.15, -0.1) is 0 Å². The molecule has 1 saturated carbocycles. The summed E-state index contributed by atoms with van der Waals surface area (Å²) in [7, 11) is 0. The van der Waals surface area contributed by atoms with Crippen molar-refractivity contribution in [3.05, 3.63) is 0 Å². The molecule has 0 aromatic rings. The fraction of sp³-hybridized carbons (Fsp3) is 0.920. The minimum atomic E-state index is -0.309. The van der Waals surface area contributed by atoms with Crippen LogP contribution in [0.1, 0.15) is 111 Å². The molecule has 1 rings (SSSR count). The van der Waals surface area contributed by atoms with Crippen molar-refractivity contribution in [2.45, 2.75) is 111 Å². The average molecular weight is 411 g/mol. The normalized spacial score (nSPS) is 19.5. The summed E-state index contributed by atoms with van der Waals surface area (Å²) in [6, 6.07) is 0. The Morgan fingerprint density at radius 3 is 1.59 bits per heavy atom. The maximum Gasteiger partial charge on any atom is 0.309 e. The highest BCUT2D eigenvalue weighted by molar-refractivity contribution is 5.82. The molecule has 2 atom stereocenters. The maximum absolute atomic E-state index is 12.5. The van der Waals surface area contributed by atoms with Gasteiger partial charge in [-0.1, -0.05) is 79.1 Å². The van der Waals surface area contributed by atoms with Gasteiger partial charge in [0.2, 0.25) is 0 Å². The van der Waals surface area contributed by atoms with Crippen molar-refractivity contribution in [2.24, 2.45) is 23.7 Å². The molecule has 0 radical (unpaired) electrons. The van der Waals surface area contributed by atoms with Gasteiger partial charge in [0.25, 0.3) is 0 Å². The Labute approximate surface area is 179 Å². The molecule has 1 fully saturated rings. The number of ether oxygens (including phenoxy) is 2. The van der Waals surface area contributed by atoms with Crippen molar-refractivity contribution in [1.82, 2.24) is 0 Å². The van der Waals surface area contributed by atoms with Gasteiger partial charge >= 0.3 is 11.9 Å². The Morgan fingerprint density at radius 2 is 1.07 bits per heavy atom. The number of hydrogen-bond donors (Lipinski definition) is 0. The summed E-state index contributed by atoms with van der Waals surface area (Å²) in [6.45, 7) is 9.84. The summed E-state index contributed by atoms with van der Waals surface area (Å²) in [5.74, 6) is 0.415. The fourth-order valence-electron chi connectivity index (χ4n) is 4.11. The number of esters is 2. The van der Waals surface area contributed by atoms with Gasteiger partial charge in [-0.3, -0.25) is 9.59 Å². The summed E-state index contributed by atoms with van der Waals surface area (Å²) in [5.41, 5.74) is 0. The lowest BCUT2D eigenvalue weighted by Crippen LogP contribution is -2.35. The highest BCUT2D eigenvalue weighted by Crippen LogP contribution is 2.32. The second-order valence-electron chi connectivity index (χ2n) is 9.67. The Bertz CT molecular complexity index is 444. The molecule has 0 aliphatic heterocycles. The SMILES string of the molecule is CC(C)CCCCCCCCOC(=O)C1CCCCC1C(=O)OCCCC(C)C. The first kappa shape index (κ1) is 26.0. The van der Waals surface area contributed by atoms with Crippen LogP contribution >= 0.6 is 0 Å². The smallest absolute Gasteiger partial charge is 0.309 e. The molecule has 0 aromatic heterocycles. The first-order valence-corrected chi connectivity index (χ1v) is 12.2. The third-order valence-electron chi connectivity index (χ3n) is 5.96. The summed E-state index contributed by atoms with van der Waals surface area (Å²) in [4.78, 5) is 25.0. The van der Waals surface area contributed by atoms with E-state index in [0.717, 1.165) is 57.3 Å². The summed E-state index contributed by atoms with van der Waals surface area (Å²) in [5, 5.41) is 0. The quantitative estimate of drug-likeness (QED) is 0.222. The van der Waals surface area contributed by atoms with Crippen LogP contribution in [0.2, 0.25) is 0 Å². The van der Waals surface area contributed by atoms with Gasteiger partial charge in [0.05, 0.1) is 25.0 Å². The number of hydrogen-bond acceptors (Lipinski definition) is 4. The van der Waals surface area contributed by atoms with E-state index in [1.54, 1.807) is 0 Å². The summed E-state index contributed by atoms with van der Waals surface area (Å²) >= 11 is 0. The van der Waals surface area contributed by atoms with E-state index in [1.165, 1.54) is 32.1 Å². The van der Waals surface area contributed by atoms with Gasteiger partial charge in [0.1, 0.15) is 0 Å². The Morgan fingerprint density at radius 1 is 0.655 bits per heavy atom. The van der Waals surface area contributed by atoms with Crippen LogP contribution in [-0.2, 0) is 19.1 Å². The van der Waals surface area contributed by atoms with E-state index in [9.17, 15) is 9.59 Å². The topological polar surface area (TPSA) is 52.6 Å². The van der Waals surface area contributed by atoms with Crippen molar-refractivity contribution >= 4 is 11.9 Å². The lowest BCUT2D eigenvalue weighted by molar-refractivity contribution is -0.163. The van der Waals surface area contributed by atoms with Crippen molar-refractivity contribution < 1.29 is 19.1 Å². The molecule has 170 valence electrons. The van der Waals surface area contributed by atoms with E-state index in [-0.39, 0.29) is 23.8 Å². The minimum Gasteiger partial charge on any atom is -0.465 e. The molecule has 29 heavy (non-hydrogen) atoms. The van der Waals surface area contributed by atoms with Crippen molar-refractivity contribution in [2.75, 3.05) is 13.2 Å². The zero-order valence-electron chi connectivity index (χ0n) is 19.5. The first-order chi connectivity index (χ1) is 13.9. The molecular formula is C25H46O4. The van der Waals surface area contributed by atoms with Crippen LogP contribution < -0.4 is 0 Å². The Kier molecular flexibility index (Phi) is 14.1. The molecule has 0 aromatic carbocycles. The third kappa shape index (κ3) is 12.3. The summed E-state index contributed by atoms with van der Waals surface area (Å²) < 4.78 is 11.0. The van der Waals surface area contributed by atoms with Crippen LogP contribution in [0, 0.1) is 23.7 Å². The van der Waals surface area contributed by atoms with Crippen LogP contribution in [0.15, 0.2) is 0 Å². The third-order valence-corrected chi connectivity index (χ3v) is 5.96. The highest BCUT2D eigenvalue weighted by Gasteiger charge is 2.37. The lowest BCUT2D eigenvalue weighted by Gasteiger charge is -2.28. The molecule has 4 heteroatoms. The molecule has 1 aliphatic carbocycles. The zero-order valence-corrected chi connectivity index (χ0v) is 19.5. The van der Waals surface area contributed by atoms with Crippen LogP contribution in [-0.4, -0.2) is 25.2 Å². The second-order valence-corrected chi connectivity index (χ2v) is 9.67. The van der Waals surface area contributed by atoms with Gasteiger partial charge in [-0.2, -0.15) is 0 Å². The molecular weight excluding hydrogens is 364 g/mol. The fourth-order valence-corrected chi connectivity index (χ4v) is 4.11. The van der Waals surface area contributed by atoms with Gasteiger partial charge in [-0.05, 0) is 43.9 Å². The van der Waals surface area contributed by atoms with E-state index in [1.807, 2.05) is 0 Å². The molecule has 0 saturated heterocycles. The molecule has 0 amide bonds. The molecule has 0 bridgehead atoms. The highest BCUT2D eigenvalue weighted by atomic mass is 16.5.